The standard InChI is InChI=1S/C10H13N4O2/c1-4-5-6-11-7-8(12-6)13(2)10(16)14(3)9(7)15/h1,4-5H2,2-3H3,(H,11,12). The van der Waals surface area contributed by atoms with E-state index in [0.717, 1.165) is 4.57 Å². The first kappa shape index (κ1) is 10.7. The smallest absolute Gasteiger partial charge is 0.332 e. The van der Waals surface area contributed by atoms with Crippen LogP contribution in [0.4, 0.5) is 0 Å². The molecule has 0 spiro atoms. The third-order valence-electron chi connectivity index (χ3n) is 2.56. The van der Waals surface area contributed by atoms with E-state index in [1.807, 2.05) is 0 Å². The summed E-state index contributed by atoms with van der Waals surface area (Å²) in [4.78, 5) is 30.6. The normalized spacial score (nSPS) is 11.2. The van der Waals surface area contributed by atoms with Gasteiger partial charge in [0, 0.05) is 20.5 Å². The summed E-state index contributed by atoms with van der Waals surface area (Å²) in [5, 5.41) is 0. The molecular weight excluding hydrogens is 208 g/mol. The zero-order valence-corrected chi connectivity index (χ0v) is 9.28. The van der Waals surface area contributed by atoms with Crippen LogP contribution in [0.2, 0.25) is 0 Å². The van der Waals surface area contributed by atoms with Gasteiger partial charge in [-0.3, -0.25) is 13.9 Å². The van der Waals surface area contributed by atoms with Crippen LogP contribution in [0, 0.1) is 6.92 Å². The van der Waals surface area contributed by atoms with Crippen molar-refractivity contribution in [2.45, 2.75) is 12.8 Å². The van der Waals surface area contributed by atoms with E-state index < -0.39 is 0 Å². The topological polar surface area (TPSA) is 72.7 Å². The number of aromatic amines is 1. The molecule has 0 aliphatic carbocycles. The molecule has 1 radical (unpaired) electrons. The number of rotatable bonds is 2. The highest BCUT2D eigenvalue weighted by Gasteiger charge is 2.12. The molecule has 6 heteroatoms. The Kier molecular flexibility index (Phi) is 2.41. The van der Waals surface area contributed by atoms with Crippen LogP contribution in [0.25, 0.3) is 11.2 Å². The number of hydrogen-bond donors (Lipinski definition) is 1. The molecule has 2 aromatic heterocycles. The van der Waals surface area contributed by atoms with Crippen LogP contribution < -0.4 is 11.2 Å². The second kappa shape index (κ2) is 3.62. The highest BCUT2D eigenvalue weighted by Crippen LogP contribution is 2.05. The number of H-pyrrole nitrogens is 1. The summed E-state index contributed by atoms with van der Waals surface area (Å²) in [6, 6.07) is 0. The summed E-state index contributed by atoms with van der Waals surface area (Å²) in [5.74, 6) is 0.684. The SMILES string of the molecule is [CH2]CCc1nc2c([nH]1)c(=O)n(C)c(=O)n2C. The molecule has 0 fully saturated rings. The lowest BCUT2D eigenvalue weighted by molar-refractivity contribution is 0.708. The van der Waals surface area contributed by atoms with Crippen molar-refractivity contribution in [2.75, 3.05) is 0 Å². The van der Waals surface area contributed by atoms with E-state index in [-0.39, 0.29) is 11.2 Å². The lowest BCUT2D eigenvalue weighted by Crippen LogP contribution is -2.36. The summed E-state index contributed by atoms with van der Waals surface area (Å²) in [5.41, 5.74) is 0.0516. The maximum Gasteiger partial charge on any atom is 0.332 e. The summed E-state index contributed by atoms with van der Waals surface area (Å²) in [7, 11) is 3.05. The van der Waals surface area contributed by atoms with Gasteiger partial charge in [0.1, 0.15) is 11.3 Å². The largest absolute Gasteiger partial charge is 0.336 e. The summed E-state index contributed by atoms with van der Waals surface area (Å²) < 4.78 is 2.42. The number of hydrogen-bond acceptors (Lipinski definition) is 3. The minimum Gasteiger partial charge on any atom is -0.336 e. The summed E-state index contributed by atoms with van der Waals surface area (Å²) in [6.45, 7) is 3.72. The maximum atomic E-state index is 11.8. The molecule has 2 heterocycles. The van der Waals surface area contributed by atoms with E-state index in [1.165, 1.54) is 11.6 Å². The fourth-order valence-electron chi connectivity index (χ4n) is 1.66. The first-order chi connectivity index (χ1) is 7.56. The fourth-order valence-corrected chi connectivity index (χ4v) is 1.66. The molecule has 0 aliphatic rings. The first-order valence-corrected chi connectivity index (χ1v) is 5.00. The van der Waals surface area contributed by atoms with Gasteiger partial charge in [0.05, 0.1) is 0 Å². The quantitative estimate of drug-likeness (QED) is 0.758. The average molecular weight is 221 g/mol. The van der Waals surface area contributed by atoms with Crippen LogP contribution in [-0.2, 0) is 20.5 Å². The molecule has 2 rings (SSSR count). The third kappa shape index (κ3) is 1.37. The minimum absolute atomic E-state index is 0.346. The van der Waals surface area contributed by atoms with Crippen LogP contribution in [0.1, 0.15) is 12.2 Å². The molecule has 0 saturated heterocycles. The maximum absolute atomic E-state index is 11.8. The number of fused-ring (bicyclic) bond motifs is 1. The van der Waals surface area contributed by atoms with Crippen LogP contribution >= 0.6 is 0 Å². The summed E-state index contributed by atoms with van der Waals surface area (Å²) in [6.07, 6.45) is 1.35. The summed E-state index contributed by atoms with van der Waals surface area (Å²) >= 11 is 0. The van der Waals surface area contributed by atoms with Crippen molar-refractivity contribution < 1.29 is 0 Å². The number of aromatic nitrogens is 4. The molecule has 85 valence electrons. The van der Waals surface area contributed by atoms with Crippen LogP contribution in [0.3, 0.4) is 0 Å². The van der Waals surface area contributed by atoms with Gasteiger partial charge < -0.3 is 4.98 Å². The molecular formula is C10H13N4O2. The Hall–Kier alpha value is -1.85. The Morgan fingerprint density at radius 1 is 1.31 bits per heavy atom. The molecule has 0 amide bonds. The van der Waals surface area contributed by atoms with Crippen molar-refractivity contribution in [3.05, 3.63) is 33.6 Å². The van der Waals surface area contributed by atoms with Gasteiger partial charge in [-0.1, -0.05) is 6.92 Å². The van der Waals surface area contributed by atoms with Gasteiger partial charge in [-0.2, -0.15) is 0 Å². The predicted molar refractivity (Wildman–Crippen MR) is 60.3 cm³/mol. The van der Waals surface area contributed by atoms with Gasteiger partial charge in [0.2, 0.25) is 0 Å². The number of imidazole rings is 1. The van der Waals surface area contributed by atoms with Crippen molar-refractivity contribution in [3.8, 4) is 0 Å². The van der Waals surface area contributed by atoms with E-state index >= 15 is 0 Å². The highest BCUT2D eigenvalue weighted by molar-refractivity contribution is 5.69. The van der Waals surface area contributed by atoms with E-state index in [2.05, 4.69) is 16.9 Å². The second-order valence-corrected chi connectivity index (χ2v) is 3.69. The monoisotopic (exact) mass is 221 g/mol. The van der Waals surface area contributed by atoms with Crippen LogP contribution in [0.15, 0.2) is 9.59 Å². The van der Waals surface area contributed by atoms with Crippen molar-refractivity contribution in [2.24, 2.45) is 14.1 Å². The zero-order chi connectivity index (χ0) is 11.9. The van der Waals surface area contributed by atoms with E-state index in [4.69, 9.17) is 0 Å². The molecule has 0 atom stereocenters. The first-order valence-electron chi connectivity index (χ1n) is 5.00. The molecule has 6 nitrogen and oxygen atoms in total. The van der Waals surface area contributed by atoms with Crippen LogP contribution in [0.5, 0.6) is 0 Å². The predicted octanol–water partition coefficient (Wildman–Crippen LogP) is -0.273. The molecule has 0 aromatic carbocycles. The molecule has 1 N–H and O–H groups in total. The van der Waals surface area contributed by atoms with Crippen molar-refractivity contribution in [3.63, 3.8) is 0 Å². The minimum atomic E-state index is -0.370. The Balaban J connectivity index is 2.87. The van der Waals surface area contributed by atoms with Gasteiger partial charge in [0.15, 0.2) is 5.65 Å². The molecule has 0 unspecified atom stereocenters. The van der Waals surface area contributed by atoms with Crippen LogP contribution in [-0.4, -0.2) is 19.1 Å². The lowest BCUT2D eigenvalue weighted by Gasteiger charge is -2.00. The highest BCUT2D eigenvalue weighted by atomic mass is 16.2. The van der Waals surface area contributed by atoms with Crippen molar-refractivity contribution >= 4 is 11.2 Å². The molecule has 2 aromatic rings. The Bertz CT molecular complexity index is 647. The zero-order valence-electron chi connectivity index (χ0n) is 9.28. The lowest BCUT2D eigenvalue weighted by atomic mass is 10.3. The third-order valence-corrected chi connectivity index (χ3v) is 2.56. The Morgan fingerprint density at radius 2 is 2.00 bits per heavy atom. The van der Waals surface area contributed by atoms with Gasteiger partial charge in [-0.15, -0.1) is 0 Å². The Labute approximate surface area is 91.5 Å². The van der Waals surface area contributed by atoms with Gasteiger partial charge in [-0.05, 0) is 6.42 Å². The average Bonchev–Trinajstić information content (AvgIpc) is 2.68. The molecule has 16 heavy (non-hydrogen) atoms. The number of nitrogens with zero attached hydrogens (tertiary/aromatic N) is 3. The molecule has 0 bridgehead atoms. The van der Waals surface area contributed by atoms with E-state index in [1.54, 1.807) is 7.05 Å². The molecule has 0 saturated carbocycles. The van der Waals surface area contributed by atoms with E-state index in [9.17, 15) is 9.59 Å². The van der Waals surface area contributed by atoms with Crippen molar-refractivity contribution in [1.82, 2.24) is 19.1 Å². The second-order valence-electron chi connectivity index (χ2n) is 3.69. The fraction of sp³-hybridized carbons (Fsp3) is 0.400. The Morgan fingerprint density at radius 3 is 2.62 bits per heavy atom. The van der Waals surface area contributed by atoms with Gasteiger partial charge >= 0.3 is 5.69 Å². The van der Waals surface area contributed by atoms with Gasteiger partial charge in [-0.25, -0.2) is 9.78 Å². The number of aryl methyl sites for hydroxylation is 2. The van der Waals surface area contributed by atoms with Gasteiger partial charge in [0.25, 0.3) is 5.56 Å². The number of nitrogens with one attached hydrogen (secondary N) is 1. The van der Waals surface area contributed by atoms with E-state index in [0.29, 0.717) is 29.8 Å². The molecule has 0 aliphatic heterocycles. The van der Waals surface area contributed by atoms with Crippen molar-refractivity contribution in [1.29, 1.82) is 0 Å².